The number of hydrogen-bond acceptors (Lipinski definition) is 7. The molecular formula is C35H49N7O3. The van der Waals surface area contributed by atoms with E-state index in [0.29, 0.717) is 23.8 Å². The maximum absolute atomic E-state index is 13.4. The van der Waals surface area contributed by atoms with E-state index in [1.807, 2.05) is 12.1 Å². The maximum Gasteiger partial charge on any atom is 0.302 e. The number of nitrogens with one attached hydrogen (secondary N) is 3. The van der Waals surface area contributed by atoms with E-state index in [-0.39, 0.29) is 25.0 Å². The van der Waals surface area contributed by atoms with Crippen LogP contribution in [0.25, 0.3) is 0 Å². The van der Waals surface area contributed by atoms with Crippen molar-refractivity contribution in [2.75, 3.05) is 39.3 Å². The SMILES string of the molecule is CC(=O)OCC(CNC(=O)c1ccc(CN2CCC3(CCN(C4CCCCC4)CC3)C2)cc1)(Cc1ncc[nH]1)Cc1ncc[nH]1. The van der Waals surface area contributed by atoms with Crippen molar-refractivity contribution in [3.05, 3.63) is 71.8 Å². The molecule has 242 valence electrons. The Morgan fingerprint density at radius 1 is 0.956 bits per heavy atom. The number of imidazole rings is 2. The number of piperidine rings is 1. The molecule has 0 unspecified atom stereocenters. The fourth-order valence-electron chi connectivity index (χ4n) is 7.87. The molecule has 1 saturated carbocycles. The Morgan fingerprint density at radius 3 is 2.20 bits per heavy atom. The highest BCUT2D eigenvalue weighted by atomic mass is 16.5. The third-order valence-corrected chi connectivity index (χ3v) is 10.5. The van der Waals surface area contributed by atoms with Gasteiger partial charge in [-0.25, -0.2) is 9.97 Å². The van der Waals surface area contributed by atoms with E-state index in [9.17, 15) is 9.59 Å². The number of carbonyl (C=O) groups excluding carboxylic acids is 2. The van der Waals surface area contributed by atoms with E-state index in [0.717, 1.165) is 30.8 Å². The number of hydrogen-bond donors (Lipinski definition) is 3. The van der Waals surface area contributed by atoms with Gasteiger partial charge < -0.3 is 24.9 Å². The molecule has 3 N–H and O–H groups in total. The van der Waals surface area contributed by atoms with Gasteiger partial charge in [-0.05, 0) is 74.8 Å². The van der Waals surface area contributed by atoms with Gasteiger partial charge in [0, 0.05) is 81.2 Å². The Balaban J connectivity index is 1.03. The van der Waals surface area contributed by atoms with Crippen molar-refractivity contribution in [3.63, 3.8) is 0 Å². The average Bonchev–Trinajstić information content (AvgIpc) is 3.84. The first-order chi connectivity index (χ1) is 21.9. The fourth-order valence-corrected chi connectivity index (χ4v) is 7.87. The highest BCUT2D eigenvalue weighted by Gasteiger charge is 2.41. The third kappa shape index (κ3) is 8.21. The van der Waals surface area contributed by atoms with Crippen molar-refractivity contribution in [2.45, 2.75) is 83.7 Å². The van der Waals surface area contributed by atoms with Gasteiger partial charge >= 0.3 is 5.97 Å². The van der Waals surface area contributed by atoms with Gasteiger partial charge in [-0.2, -0.15) is 0 Å². The second-order valence-corrected chi connectivity index (χ2v) is 13.9. The molecule has 45 heavy (non-hydrogen) atoms. The minimum atomic E-state index is -0.644. The van der Waals surface area contributed by atoms with Gasteiger partial charge in [-0.3, -0.25) is 14.5 Å². The van der Waals surface area contributed by atoms with Gasteiger partial charge in [-0.1, -0.05) is 31.4 Å². The summed E-state index contributed by atoms with van der Waals surface area (Å²) >= 11 is 0. The standard InChI is InChI=1S/C35H49N7O3/c1-27(43)45-26-35(21-31-36-14-15-37-31,22-32-38-16-17-39-32)24-40-33(44)29-9-7-28(8-10-29)23-41-18-11-34(25-41)12-19-42(20-13-34)30-5-3-2-4-6-30/h7-10,14-17,30H,2-6,11-13,18-26H2,1H3,(H,36,37)(H,38,39)(H,40,44). The molecule has 1 aliphatic carbocycles. The second-order valence-electron chi connectivity index (χ2n) is 13.9. The van der Waals surface area contributed by atoms with E-state index >= 15 is 0 Å². The Labute approximate surface area is 266 Å². The minimum Gasteiger partial charge on any atom is -0.465 e. The third-order valence-electron chi connectivity index (χ3n) is 10.5. The minimum absolute atomic E-state index is 0.124. The summed E-state index contributed by atoms with van der Waals surface area (Å²) in [6.45, 7) is 7.61. The number of esters is 1. The highest BCUT2D eigenvalue weighted by Crippen LogP contribution is 2.42. The zero-order valence-electron chi connectivity index (χ0n) is 26.7. The molecule has 6 rings (SSSR count). The molecule has 10 nitrogen and oxygen atoms in total. The lowest BCUT2D eigenvalue weighted by atomic mass is 9.77. The molecule has 1 amide bonds. The molecule has 3 aromatic rings. The molecule has 0 radical (unpaired) electrons. The monoisotopic (exact) mass is 615 g/mol. The number of ether oxygens (including phenoxy) is 1. The molecule has 0 atom stereocenters. The van der Waals surface area contributed by atoms with Gasteiger partial charge in [0.15, 0.2) is 0 Å². The van der Waals surface area contributed by atoms with Gasteiger partial charge in [0.1, 0.15) is 11.6 Å². The molecular weight excluding hydrogens is 566 g/mol. The number of likely N-dealkylation sites (tertiary alicyclic amines) is 2. The van der Waals surface area contributed by atoms with Crippen molar-refractivity contribution in [2.24, 2.45) is 10.8 Å². The van der Waals surface area contributed by atoms with Crippen LogP contribution in [0.4, 0.5) is 0 Å². The van der Waals surface area contributed by atoms with Crippen molar-refractivity contribution in [3.8, 4) is 0 Å². The topological polar surface area (TPSA) is 119 Å². The van der Waals surface area contributed by atoms with E-state index in [4.69, 9.17) is 4.74 Å². The number of amides is 1. The Bertz CT molecular complexity index is 1320. The zero-order valence-corrected chi connectivity index (χ0v) is 26.7. The highest BCUT2D eigenvalue weighted by molar-refractivity contribution is 5.94. The summed E-state index contributed by atoms with van der Waals surface area (Å²) in [5.41, 5.74) is 1.69. The summed E-state index contributed by atoms with van der Waals surface area (Å²) in [7, 11) is 0. The van der Waals surface area contributed by atoms with Gasteiger partial charge in [0.05, 0.1) is 6.61 Å². The lowest BCUT2D eigenvalue weighted by molar-refractivity contribution is -0.144. The Hall–Kier alpha value is -3.50. The smallest absolute Gasteiger partial charge is 0.302 e. The number of rotatable bonds is 12. The first-order valence-corrected chi connectivity index (χ1v) is 16.8. The van der Waals surface area contributed by atoms with Crippen LogP contribution in [0, 0.1) is 10.8 Å². The van der Waals surface area contributed by atoms with Crippen LogP contribution in [0.3, 0.4) is 0 Å². The van der Waals surface area contributed by atoms with Crippen molar-refractivity contribution in [1.82, 2.24) is 35.1 Å². The number of aromatic nitrogens is 4. The normalized spacial score (nSPS) is 19.6. The van der Waals surface area contributed by atoms with Crippen LogP contribution in [-0.2, 0) is 28.9 Å². The Kier molecular flexibility index (Phi) is 10.00. The molecule has 1 aromatic carbocycles. The van der Waals surface area contributed by atoms with Crippen LogP contribution >= 0.6 is 0 Å². The maximum atomic E-state index is 13.4. The molecule has 2 saturated heterocycles. The summed E-state index contributed by atoms with van der Waals surface area (Å²) < 4.78 is 5.52. The van der Waals surface area contributed by atoms with E-state index in [1.54, 1.807) is 24.8 Å². The van der Waals surface area contributed by atoms with Crippen molar-refractivity contribution < 1.29 is 14.3 Å². The average molecular weight is 616 g/mol. The van der Waals surface area contributed by atoms with Crippen LogP contribution in [0.2, 0.25) is 0 Å². The van der Waals surface area contributed by atoms with Crippen LogP contribution in [0.5, 0.6) is 0 Å². The molecule has 2 aliphatic heterocycles. The van der Waals surface area contributed by atoms with Gasteiger partial charge in [0.2, 0.25) is 0 Å². The summed E-state index contributed by atoms with van der Waals surface area (Å²) in [4.78, 5) is 45.7. The molecule has 2 aromatic heterocycles. The van der Waals surface area contributed by atoms with Crippen LogP contribution in [0.15, 0.2) is 49.1 Å². The fraction of sp³-hybridized carbons (Fsp3) is 0.600. The summed E-state index contributed by atoms with van der Waals surface area (Å²) in [5.74, 6) is 0.989. The molecule has 10 heteroatoms. The van der Waals surface area contributed by atoms with Crippen LogP contribution in [-0.4, -0.2) is 87.0 Å². The number of H-pyrrole nitrogens is 2. The van der Waals surface area contributed by atoms with Crippen LogP contribution < -0.4 is 5.32 Å². The summed E-state index contributed by atoms with van der Waals surface area (Å²) in [5, 5.41) is 3.12. The number of nitrogens with zero attached hydrogens (tertiary/aromatic N) is 4. The van der Waals surface area contributed by atoms with Crippen molar-refractivity contribution in [1.29, 1.82) is 0 Å². The van der Waals surface area contributed by atoms with Crippen LogP contribution in [0.1, 0.15) is 85.9 Å². The summed E-state index contributed by atoms with van der Waals surface area (Å²) in [6, 6.07) is 8.85. The molecule has 3 aliphatic rings. The molecule has 1 spiro atoms. The Morgan fingerprint density at radius 2 is 1.60 bits per heavy atom. The summed E-state index contributed by atoms with van der Waals surface area (Å²) in [6.07, 6.45) is 18.9. The van der Waals surface area contributed by atoms with E-state index in [2.05, 4.69) is 47.2 Å². The largest absolute Gasteiger partial charge is 0.465 e. The van der Waals surface area contributed by atoms with Crippen molar-refractivity contribution >= 4 is 11.9 Å². The van der Waals surface area contributed by atoms with E-state index < -0.39 is 5.41 Å². The van der Waals surface area contributed by atoms with E-state index in [1.165, 1.54) is 83.5 Å². The first-order valence-electron chi connectivity index (χ1n) is 16.8. The molecule has 4 heterocycles. The first kappa shape index (κ1) is 31.5. The number of benzene rings is 1. The lowest BCUT2D eigenvalue weighted by Crippen LogP contribution is -2.46. The number of aromatic amines is 2. The predicted molar refractivity (Wildman–Crippen MR) is 172 cm³/mol. The van der Waals surface area contributed by atoms with Gasteiger partial charge in [-0.15, -0.1) is 0 Å². The quantitative estimate of drug-likeness (QED) is 0.257. The molecule has 3 fully saturated rings. The number of carbonyl (C=O) groups is 2. The zero-order chi connectivity index (χ0) is 31.1. The molecule has 0 bridgehead atoms. The predicted octanol–water partition coefficient (Wildman–Crippen LogP) is 4.52. The van der Waals surface area contributed by atoms with Gasteiger partial charge in [0.25, 0.3) is 5.91 Å². The second kappa shape index (κ2) is 14.3. The lowest BCUT2D eigenvalue weighted by Gasteiger charge is -2.43.